The number of carbonyl (C=O) groups is 1. The summed E-state index contributed by atoms with van der Waals surface area (Å²) in [4.78, 5) is 16.5. The lowest BCUT2D eigenvalue weighted by Crippen LogP contribution is -2.45. The third kappa shape index (κ3) is 4.94. The molecule has 1 radical (unpaired) electrons. The topological polar surface area (TPSA) is 37.7 Å². The third-order valence-corrected chi connectivity index (χ3v) is 3.59. The van der Waals surface area contributed by atoms with Gasteiger partial charge in [-0.05, 0) is 32.7 Å². The van der Waals surface area contributed by atoms with Crippen LogP contribution in [-0.2, 0) is 4.79 Å². The van der Waals surface area contributed by atoms with Crippen LogP contribution < -0.4 is 5.32 Å². The number of hydrogen-bond donors (Lipinski definition) is 0. The van der Waals surface area contributed by atoms with E-state index < -0.39 is 0 Å². The second-order valence-corrected chi connectivity index (χ2v) is 5.20. The first-order valence-corrected chi connectivity index (χ1v) is 7.30. The highest BCUT2D eigenvalue weighted by molar-refractivity contribution is 5.78. The van der Waals surface area contributed by atoms with Gasteiger partial charge in [0, 0.05) is 32.2 Å². The number of hydrogen-bond acceptors (Lipinski definition) is 2. The van der Waals surface area contributed by atoms with Crippen molar-refractivity contribution in [1.29, 1.82) is 0 Å². The Bertz CT molecular complexity index is 233. The van der Waals surface area contributed by atoms with Crippen molar-refractivity contribution in [2.24, 2.45) is 0 Å². The summed E-state index contributed by atoms with van der Waals surface area (Å²) in [5.74, 6) is 0.281. The zero-order valence-electron chi connectivity index (χ0n) is 12.2. The quantitative estimate of drug-likeness (QED) is 0.687. The van der Waals surface area contributed by atoms with Crippen molar-refractivity contribution in [2.45, 2.75) is 45.6 Å². The Morgan fingerprint density at radius 2 is 1.72 bits per heavy atom. The van der Waals surface area contributed by atoms with Crippen LogP contribution in [0.5, 0.6) is 0 Å². The fourth-order valence-electron chi connectivity index (χ4n) is 2.52. The van der Waals surface area contributed by atoms with E-state index in [1.54, 1.807) is 0 Å². The summed E-state index contributed by atoms with van der Waals surface area (Å²) >= 11 is 0. The highest BCUT2D eigenvalue weighted by Crippen LogP contribution is 2.10. The molecule has 1 amide bonds. The average Bonchev–Trinajstić information content (AvgIpc) is 2.39. The summed E-state index contributed by atoms with van der Waals surface area (Å²) in [6.45, 7) is 8.50. The number of carbonyl (C=O) groups excluding carboxylic acids is 1. The van der Waals surface area contributed by atoms with Crippen LogP contribution in [-0.4, -0.2) is 61.5 Å². The molecule has 0 unspecified atom stereocenters. The molecule has 105 valence electrons. The number of rotatable bonds is 7. The molecule has 0 atom stereocenters. The molecule has 1 rings (SSSR count). The van der Waals surface area contributed by atoms with Crippen LogP contribution in [0.25, 0.3) is 0 Å². The van der Waals surface area contributed by atoms with Gasteiger partial charge >= 0.3 is 0 Å². The zero-order valence-corrected chi connectivity index (χ0v) is 12.2. The van der Waals surface area contributed by atoms with Gasteiger partial charge in [-0.1, -0.05) is 13.8 Å². The van der Waals surface area contributed by atoms with Gasteiger partial charge in [0.05, 0.1) is 6.54 Å². The van der Waals surface area contributed by atoms with Crippen LogP contribution in [0.4, 0.5) is 0 Å². The Morgan fingerprint density at radius 1 is 1.17 bits per heavy atom. The lowest BCUT2D eigenvalue weighted by atomic mass is 10.1. The van der Waals surface area contributed by atoms with E-state index in [1.807, 2.05) is 4.90 Å². The second kappa shape index (κ2) is 8.48. The first-order chi connectivity index (χ1) is 8.69. The van der Waals surface area contributed by atoms with Crippen LogP contribution in [0.1, 0.15) is 39.5 Å². The summed E-state index contributed by atoms with van der Waals surface area (Å²) in [5.41, 5.74) is 0. The first-order valence-electron chi connectivity index (χ1n) is 7.30. The zero-order chi connectivity index (χ0) is 13.4. The van der Waals surface area contributed by atoms with E-state index in [9.17, 15) is 4.79 Å². The van der Waals surface area contributed by atoms with Gasteiger partial charge in [0.2, 0.25) is 5.91 Å². The minimum Gasteiger partial charge on any atom is -0.342 e. The van der Waals surface area contributed by atoms with E-state index >= 15 is 0 Å². The molecule has 1 aliphatic heterocycles. The molecule has 0 N–H and O–H groups in total. The molecule has 18 heavy (non-hydrogen) atoms. The van der Waals surface area contributed by atoms with Gasteiger partial charge in [-0.15, -0.1) is 0 Å². The molecular weight excluding hydrogens is 226 g/mol. The van der Waals surface area contributed by atoms with Crippen LogP contribution in [0, 0.1) is 0 Å². The van der Waals surface area contributed by atoms with Crippen molar-refractivity contribution >= 4 is 5.91 Å². The highest BCUT2D eigenvalue weighted by Gasteiger charge is 2.21. The van der Waals surface area contributed by atoms with Gasteiger partial charge in [0.15, 0.2) is 0 Å². The van der Waals surface area contributed by atoms with Crippen LogP contribution in [0.3, 0.4) is 0 Å². The number of piperidine rings is 1. The summed E-state index contributed by atoms with van der Waals surface area (Å²) in [6.07, 6.45) is 4.28. The molecule has 0 spiro atoms. The summed E-state index contributed by atoms with van der Waals surface area (Å²) in [5, 5.41) is 4.36. The molecule has 0 aromatic carbocycles. The normalized spacial score (nSPS) is 17.1. The molecule has 1 fully saturated rings. The fraction of sp³-hybridized carbons (Fsp3) is 0.929. The molecule has 0 saturated carbocycles. The summed E-state index contributed by atoms with van der Waals surface area (Å²) in [6, 6.07) is 0.538. The van der Waals surface area contributed by atoms with Gasteiger partial charge in [-0.25, -0.2) is 5.32 Å². The largest absolute Gasteiger partial charge is 0.342 e. The maximum absolute atomic E-state index is 12.2. The van der Waals surface area contributed by atoms with Gasteiger partial charge in [0.1, 0.15) is 0 Å². The number of likely N-dealkylation sites (N-methyl/N-ethyl adjacent to an activating group) is 1. The van der Waals surface area contributed by atoms with E-state index in [1.165, 1.54) is 0 Å². The maximum Gasteiger partial charge on any atom is 0.236 e. The SMILES string of the molecule is CCCN(CCC)C(=O)CN(C)C1CC[N]CC1. The Balaban J connectivity index is 2.40. The van der Waals surface area contributed by atoms with Crippen molar-refractivity contribution in [3.05, 3.63) is 0 Å². The molecule has 0 aromatic heterocycles. The minimum atomic E-state index is 0.281. The Labute approximate surface area is 112 Å². The second-order valence-electron chi connectivity index (χ2n) is 5.20. The molecule has 1 saturated heterocycles. The minimum absolute atomic E-state index is 0.281. The Morgan fingerprint density at radius 3 is 2.22 bits per heavy atom. The average molecular weight is 254 g/mol. The molecule has 4 heteroatoms. The van der Waals surface area contributed by atoms with Crippen LogP contribution in [0.2, 0.25) is 0 Å². The fourth-order valence-corrected chi connectivity index (χ4v) is 2.52. The van der Waals surface area contributed by atoms with Crippen LogP contribution >= 0.6 is 0 Å². The van der Waals surface area contributed by atoms with Crippen molar-refractivity contribution < 1.29 is 4.79 Å². The molecule has 0 bridgehead atoms. The third-order valence-electron chi connectivity index (χ3n) is 3.59. The van der Waals surface area contributed by atoms with E-state index in [0.29, 0.717) is 12.6 Å². The summed E-state index contributed by atoms with van der Waals surface area (Å²) < 4.78 is 0. The molecule has 1 aliphatic rings. The molecular formula is C14H28N3O. The molecule has 0 aliphatic carbocycles. The lowest BCUT2D eigenvalue weighted by molar-refractivity contribution is -0.132. The maximum atomic E-state index is 12.2. The summed E-state index contributed by atoms with van der Waals surface area (Å²) in [7, 11) is 2.07. The molecule has 4 nitrogen and oxygen atoms in total. The Hall–Kier alpha value is -0.610. The number of amides is 1. The standard InChI is InChI=1S/C14H28N3O/c1-4-10-17(11-5-2)14(18)12-16(3)13-6-8-15-9-7-13/h13H,4-12H2,1-3H3. The van der Waals surface area contributed by atoms with E-state index in [4.69, 9.17) is 0 Å². The Kier molecular flexibility index (Phi) is 7.28. The van der Waals surface area contributed by atoms with Gasteiger partial charge in [-0.2, -0.15) is 0 Å². The van der Waals surface area contributed by atoms with Gasteiger partial charge in [0.25, 0.3) is 0 Å². The predicted octanol–water partition coefficient (Wildman–Crippen LogP) is 1.33. The smallest absolute Gasteiger partial charge is 0.236 e. The predicted molar refractivity (Wildman–Crippen MR) is 74.7 cm³/mol. The van der Waals surface area contributed by atoms with Crippen molar-refractivity contribution in [3.8, 4) is 0 Å². The van der Waals surface area contributed by atoms with E-state index in [2.05, 4.69) is 31.1 Å². The van der Waals surface area contributed by atoms with Crippen molar-refractivity contribution in [2.75, 3.05) is 39.8 Å². The lowest BCUT2D eigenvalue weighted by Gasteiger charge is -2.32. The van der Waals surface area contributed by atoms with Crippen LogP contribution in [0.15, 0.2) is 0 Å². The van der Waals surface area contributed by atoms with Gasteiger partial charge < -0.3 is 4.90 Å². The first kappa shape index (κ1) is 15.4. The van der Waals surface area contributed by atoms with E-state index in [0.717, 1.165) is 51.9 Å². The van der Waals surface area contributed by atoms with Crippen molar-refractivity contribution in [1.82, 2.24) is 15.1 Å². The molecule has 0 aromatic rings. The highest BCUT2D eigenvalue weighted by atomic mass is 16.2. The van der Waals surface area contributed by atoms with Gasteiger partial charge in [-0.3, -0.25) is 9.69 Å². The van der Waals surface area contributed by atoms with Crippen molar-refractivity contribution in [3.63, 3.8) is 0 Å². The van der Waals surface area contributed by atoms with E-state index in [-0.39, 0.29) is 5.91 Å². The monoisotopic (exact) mass is 254 g/mol. The number of nitrogens with zero attached hydrogens (tertiary/aromatic N) is 3. The molecule has 1 heterocycles.